The number of carbonyl (C=O) groups is 2. The average Bonchev–Trinajstić information content (AvgIpc) is 2.75. The van der Waals surface area contributed by atoms with E-state index in [1.54, 1.807) is 30.3 Å². The molecular formula is C23H22ClN3O3S. The lowest BCUT2D eigenvalue weighted by Gasteiger charge is -2.14. The van der Waals surface area contributed by atoms with E-state index in [0.29, 0.717) is 34.1 Å². The molecule has 160 valence electrons. The Hall–Kier alpha value is -3.16. The molecule has 0 heterocycles. The lowest BCUT2D eigenvalue weighted by molar-refractivity contribution is -0.116. The summed E-state index contributed by atoms with van der Waals surface area (Å²) < 4.78 is 5.38. The second-order valence-corrected chi connectivity index (χ2v) is 7.62. The Morgan fingerprint density at radius 2 is 1.74 bits per heavy atom. The Morgan fingerprint density at radius 3 is 2.42 bits per heavy atom. The molecule has 8 heteroatoms. The quantitative estimate of drug-likeness (QED) is 0.435. The van der Waals surface area contributed by atoms with E-state index in [4.69, 9.17) is 28.6 Å². The summed E-state index contributed by atoms with van der Waals surface area (Å²) in [5.41, 5.74) is 1.40. The van der Waals surface area contributed by atoms with Crippen molar-refractivity contribution in [1.29, 1.82) is 0 Å². The van der Waals surface area contributed by atoms with Crippen LogP contribution in [0.25, 0.3) is 10.8 Å². The molecule has 3 aromatic rings. The van der Waals surface area contributed by atoms with Crippen molar-refractivity contribution in [1.82, 2.24) is 5.32 Å². The summed E-state index contributed by atoms with van der Waals surface area (Å²) in [6.45, 7) is 1.93. The standard InChI is InChI=1S/C23H22ClN3O3S/c1-3-6-21(28)25-16-9-10-18(24)19(13-16)26-23(31)27-22(29)17-11-14-7-4-5-8-15(14)12-20(17)30-2/h4-5,7-13H,3,6H2,1-2H3,(H,25,28)(H2,26,27,29,31). The van der Waals surface area contributed by atoms with Crippen LogP contribution in [0.4, 0.5) is 11.4 Å². The van der Waals surface area contributed by atoms with Gasteiger partial charge in [-0.05, 0) is 59.7 Å². The van der Waals surface area contributed by atoms with Gasteiger partial charge in [0.1, 0.15) is 5.75 Å². The zero-order chi connectivity index (χ0) is 22.4. The number of fused-ring (bicyclic) bond motifs is 1. The van der Waals surface area contributed by atoms with E-state index < -0.39 is 5.91 Å². The Labute approximate surface area is 190 Å². The molecule has 6 nitrogen and oxygen atoms in total. The molecule has 0 aromatic heterocycles. The molecule has 3 aromatic carbocycles. The number of hydrogen-bond donors (Lipinski definition) is 3. The van der Waals surface area contributed by atoms with Gasteiger partial charge < -0.3 is 15.4 Å². The largest absolute Gasteiger partial charge is 0.496 e. The lowest BCUT2D eigenvalue weighted by atomic mass is 10.1. The van der Waals surface area contributed by atoms with Crippen molar-refractivity contribution in [2.75, 3.05) is 17.7 Å². The molecule has 3 N–H and O–H groups in total. The Kier molecular flexibility index (Phi) is 7.44. The minimum atomic E-state index is -0.413. The fourth-order valence-electron chi connectivity index (χ4n) is 3.04. The summed E-state index contributed by atoms with van der Waals surface area (Å²) in [6.07, 6.45) is 1.17. The number of benzene rings is 3. The number of hydrogen-bond acceptors (Lipinski definition) is 4. The minimum absolute atomic E-state index is 0.0687. The van der Waals surface area contributed by atoms with E-state index in [1.807, 2.05) is 31.2 Å². The first-order valence-corrected chi connectivity index (χ1v) is 10.5. The van der Waals surface area contributed by atoms with E-state index in [2.05, 4.69) is 16.0 Å². The van der Waals surface area contributed by atoms with Crippen LogP contribution in [0.2, 0.25) is 5.02 Å². The fourth-order valence-corrected chi connectivity index (χ4v) is 3.41. The van der Waals surface area contributed by atoms with E-state index >= 15 is 0 Å². The topological polar surface area (TPSA) is 79.5 Å². The van der Waals surface area contributed by atoms with Gasteiger partial charge >= 0.3 is 0 Å². The summed E-state index contributed by atoms with van der Waals surface area (Å²) in [6, 6.07) is 16.2. The van der Waals surface area contributed by atoms with Crippen molar-refractivity contribution in [3.05, 3.63) is 65.2 Å². The minimum Gasteiger partial charge on any atom is -0.496 e. The van der Waals surface area contributed by atoms with Crippen molar-refractivity contribution in [3.8, 4) is 5.75 Å². The van der Waals surface area contributed by atoms with Crippen molar-refractivity contribution in [2.45, 2.75) is 19.8 Å². The molecule has 0 aliphatic rings. The molecule has 31 heavy (non-hydrogen) atoms. The van der Waals surface area contributed by atoms with Crippen LogP contribution < -0.4 is 20.7 Å². The third-order valence-electron chi connectivity index (χ3n) is 4.51. The molecule has 0 aliphatic carbocycles. The normalized spacial score (nSPS) is 10.4. The van der Waals surface area contributed by atoms with Gasteiger partial charge in [-0.15, -0.1) is 0 Å². The maximum Gasteiger partial charge on any atom is 0.261 e. The van der Waals surface area contributed by atoms with Crippen LogP contribution >= 0.6 is 23.8 Å². The van der Waals surface area contributed by atoms with Gasteiger partial charge in [0.15, 0.2) is 5.11 Å². The molecule has 2 amide bonds. The zero-order valence-corrected chi connectivity index (χ0v) is 18.7. The highest BCUT2D eigenvalue weighted by atomic mass is 35.5. The molecule has 0 bridgehead atoms. The fraction of sp³-hybridized carbons (Fsp3) is 0.174. The predicted octanol–water partition coefficient (Wildman–Crippen LogP) is 5.37. The average molecular weight is 456 g/mol. The summed E-state index contributed by atoms with van der Waals surface area (Å²) in [5, 5.41) is 10.7. The number of methoxy groups -OCH3 is 1. The SMILES string of the molecule is CCCC(=O)Nc1ccc(Cl)c(NC(=S)NC(=O)c2cc3ccccc3cc2OC)c1. The molecule has 3 rings (SSSR count). The zero-order valence-electron chi connectivity index (χ0n) is 17.1. The van der Waals surface area contributed by atoms with E-state index in [0.717, 1.165) is 17.2 Å². The molecule has 0 radical (unpaired) electrons. The number of anilines is 2. The summed E-state index contributed by atoms with van der Waals surface area (Å²) in [4.78, 5) is 24.7. The molecule has 0 unspecified atom stereocenters. The highest BCUT2D eigenvalue weighted by Gasteiger charge is 2.16. The second-order valence-electron chi connectivity index (χ2n) is 6.80. The summed E-state index contributed by atoms with van der Waals surface area (Å²) in [7, 11) is 1.51. The number of amides is 2. The number of halogens is 1. The van der Waals surface area contributed by atoms with Gasteiger partial charge in [0.2, 0.25) is 5.91 Å². The van der Waals surface area contributed by atoms with Crippen LogP contribution in [0.5, 0.6) is 5.75 Å². The van der Waals surface area contributed by atoms with E-state index in [1.165, 1.54) is 7.11 Å². The van der Waals surface area contributed by atoms with Crippen molar-refractivity contribution >= 4 is 62.9 Å². The van der Waals surface area contributed by atoms with Gasteiger partial charge in [-0.3, -0.25) is 14.9 Å². The van der Waals surface area contributed by atoms with Gasteiger partial charge in [0.25, 0.3) is 5.91 Å². The Morgan fingerprint density at radius 1 is 1.03 bits per heavy atom. The third kappa shape index (κ3) is 5.71. The molecule has 0 atom stereocenters. The van der Waals surface area contributed by atoms with Crippen LogP contribution in [0.15, 0.2) is 54.6 Å². The first-order chi connectivity index (χ1) is 14.9. The molecule has 0 spiro atoms. The first kappa shape index (κ1) is 22.5. The van der Waals surface area contributed by atoms with Crippen LogP contribution in [-0.2, 0) is 4.79 Å². The van der Waals surface area contributed by atoms with Crippen molar-refractivity contribution in [3.63, 3.8) is 0 Å². The molecule has 0 fully saturated rings. The highest BCUT2D eigenvalue weighted by molar-refractivity contribution is 7.80. The van der Waals surface area contributed by atoms with Crippen molar-refractivity contribution < 1.29 is 14.3 Å². The monoisotopic (exact) mass is 455 g/mol. The van der Waals surface area contributed by atoms with Crippen molar-refractivity contribution in [2.24, 2.45) is 0 Å². The first-order valence-electron chi connectivity index (χ1n) is 9.69. The molecule has 0 aliphatic heterocycles. The van der Waals surface area contributed by atoms with Gasteiger partial charge in [-0.2, -0.15) is 0 Å². The molecule has 0 saturated carbocycles. The Bertz CT molecular complexity index is 1150. The van der Waals surface area contributed by atoms with Crippen LogP contribution in [-0.4, -0.2) is 24.0 Å². The Balaban J connectivity index is 1.74. The van der Waals surface area contributed by atoms with Crippen LogP contribution in [0.1, 0.15) is 30.1 Å². The van der Waals surface area contributed by atoms with Gasteiger partial charge in [0, 0.05) is 12.1 Å². The molecule has 0 saturated heterocycles. The smallest absolute Gasteiger partial charge is 0.261 e. The van der Waals surface area contributed by atoms with Crippen LogP contribution in [0.3, 0.4) is 0 Å². The predicted molar refractivity (Wildman–Crippen MR) is 129 cm³/mol. The number of carbonyl (C=O) groups excluding carboxylic acids is 2. The van der Waals surface area contributed by atoms with E-state index in [9.17, 15) is 9.59 Å². The highest BCUT2D eigenvalue weighted by Crippen LogP contribution is 2.27. The lowest BCUT2D eigenvalue weighted by Crippen LogP contribution is -2.34. The van der Waals surface area contributed by atoms with E-state index in [-0.39, 0.29) is 11.0 Å². The molecular weight excluding hydrogens is 434 g/mol. The number of rotatable bonds is 6. The third-order valence-corrected chi connectivity index (χ3v) is 5.05. The summed E-state index contributed by atoms with van der Waals surface area (Å²) >= 11 is 11.5. The second kappa shape index (κ2) is 10.2. The number of thiocarbonyl (C=S) groups is 1. The number of ether oxygens (including phenoxy) is 1. The maximum atomic E-state index is 12.8. The van der Waals surface area contributed by atoms with Gasteiger partial charge in [-0.25, -0.2) is 0 Å². The number of nitrogens with one attached hydrogen (secondary N) is 3. The van der Waals surface area contributed by atoms with Crippen LogP contribution in [0, 0.1) is 0 Å². The van der Waals surface area contributed by atoms with Gasteiger partial charge in [-0.1, -0.05) is 42.8 Å². The van der Waals surface area contributed by atoms with Gasteiger partial charge in [0.05, 0.1) is 23.4 Å². The summed E-state index contributed by atoms with van der Waals surface area (Å²) in [5.74, 6) is -0.0589. The maximum absolute atomic E-state index is 12.8.